The van der Waals surface area contributed by atoms with Gasteiger partial charge < -0.3 is 4.90 Å². The molecule has 0 amide bonds. The van der Waals surface area contributed by atoms with Gasteiger partial charge in [-0.05, 0) is 194 Å². The number of pyridine rings is 1. The summed E-state index contributed by atoms with van der Waals surface area (Å²) in [5.74, 6) is 3.28. The molecule has 0 atom stereocenters. The predicted octanol–water partition coefficient (Wildman–Crippen LogP) is 16.6. The fourth-order valence-electron chi connectivity index (χ4n) is 13.2. The van der Waals surface area contributed by atoms with Gasteiger partial charge in [0.2, 0.25) is 0 Å². The maximum atomic E-state index is 4.42. The Hall–Kier alpha value is -7.29. The first-order valence-electron chi connectivity index (χ1n) is 23.7. The quantitative estimate of drug-likeness (QED) is 0.152. The van der Waals surface area contributed by atoms with Crippen molar-refractivity contribution in [3.8, 4) is 66.8 Å². The molecule has 0 N–H and O–H groups in total. The molecule has 8 aromatic carbocycles. The van der Waals surface area contributed by atoms with Gasteiger partial charge in [-0.2, -0.15) is 0 Å². The van der Waals surface area contributed by atoms with E-state index in [0.717, 1.165) is 40.7 Å². The molecule has 1 heterocycles. The van der Waals surface area contributed by atoms with Gasteiger partial charge in [-0.3, -0.25) is 4.98 Å². The molecule has 2 nitrogen and oxygen atoms in total. The number of hydrogen-bond donors (Lipinski definition) is 0. The predicted molar refractivity (Wildman–Crippen MR) is 269 cm³/mol. The zero-order chi connectivity index (χ0) is 42.9. The highest BCUT2D eigenvalue weighted by Crippen LogP contribution is 2.70. The fourth-order valence-corrected chi connectivity index (χ4v) is 13.2. The van der Waals surface area contributed by atoms with Crippen LogP contribution in [-0.4, -0.2) is 4.98 Å². The van der Waals surface area contributed by atoms with Crippen LogP contribution in [0, 0.1) is 23.7 Å². The summed E-state index contributed by atoms with van der Waals surface area (Å²) in [7, 11) is 0. The van der Waals surface area contributed by atoms with Crippen molar-refractivity contribution in [2.75, 3.05) is 4.90 Å². The van der Waals surface area contributed by atoms with Gasteiger partial charge in [0, 0.05) is 34.9 Å². The van der Waals surface area contributed by atoms with Gasteiger partial charge in [0.25, 0.3) is 0 Å². The lowest BCUT2D eigenvalue weighted by Gasteiger charge is -2.61. The minimum Gasteiger partial charge on any atom is -0.311 e. The van der Waals surface area contributed by atoms with Crippen molar-refractivity contribution in [3.05, 3.63) is 230 Å². The van der Waals surface area contributed by atoms with Crippen molar-refractivity contribution < 1.29 is 0 Å². The van der Waals surface area contributed by atoms with E-state index in [0.29, 0.717) is 0 Å². The molecule has 4 bridgehead atoms. The topological polar surface area (TPSA) is 16.1 Å². The molecular weight excluding hydrogens is 785 g/mol. The lowest BCUT2D eigenvalue weighted by Crippen LogP contribution is -2.55. The van der Waals surface area contributed by atoms with Crippen LogP contribution in [-0.2, 0) is 5.41 Å². The minimum absolute atomic E-state index is 0.119. The van der Waals surface area contributed by atoms with Crippen LogP contribution >= 0.6 is 0 Å². The van der Waals surface area contributed by atoms with E-state index in [2.05, 4.69) is 216 Å². The first-order chi connectivity index (χ1) is 32.2. The van der Waals surface area contributed by atoms with E-state index < -0.39 is 0 Å². The Morgan fingerprint density at radius 3 is 1.23 bits per heavy atom. The number of nitrogens with zero attached hydrogens (tertiary/aromatic N) is 2. The lowest BCUT2D eigenvalue weighted by molar-refractivity contribution is -0.0399. The highest BCUT2D eigenvalue weighted by atomic mass is 15.1. The fraction of sp³-hybridized carbons (Fsp3) is 0.159. The Balaban J connectivity index is 0.862. The Bertz CT molecular complexity index is 3040. The van der Waals surface area contributed by atoms with E-state index in [1.165, 1.54) is 98.9 Å². The van der Waals surface area contributed by atoms with Crippen LogP contribution in [0.2, 0.25) is 0 Å². The molecule has 0 radical (unpaired) electrons. The molecule has 9 aromatic rings. The van der Waals surface area contributed by atoms with Crippen LogP contribution in [0.4, 0.5) is 17.1 Å². The molecule has 2 heteroatoms. The van der Waals surface area contributed by atoms with Gasteiger partial charge in [0.1, 0.15) is 0 Å². The van der Waals surface area contributed by atoms with E-state index >= 15 is 0 Å². The number of hydrogen-bond acceptors (Lipinski definition) is 2. The van der Waals surface area contributed by atoms with E-state index in [9.17, 15) is 0 Å². The number of aromatic nitrogens is 1. The second kappa shape index (κ2) is 15.5. The van der Waals surface area contributed by atoms with Crippen LogP contribution < -0.4 is 4.90 Å². The molecule has 1 spiro atoms. The molecule has 4 fully saturated rings. The van der Waals surface area contributed by atoms with E-state index in [-0.39, 0.29) is 5.41 Å². The van der Waals surface area contributed by atoms with Gasteiger partial charge in [0.05, 0.1) is 0 Å². The summed E-state index contributed by atoms with van der Waals surface area (Å²) in [6, 6.07) is 76.6. The molecule has 312 valence electrons. The number of rotatable bonds is 8. The molecule has 65 heavy (non-hydrogen) atoms. The van der Waals surface area contributed by atoms with Gasteiger partial charge in [0.15, 0.2) is 0 Å². The lowest BCUT2D eigenvalue weighted by atomic mass is 9.43. The van der Waals surface area contributed by atoms with Crippen molar-refractivity contribution in [1.29, 1.82) is 0 Å². The van der Waals surface area contributed by atoms with Crippen molar-refractivity contribution >= 4 is 17.1 Å². The minimum atomic E-state index is 0.119. The van der Waals surface area contributed by atoms with Crippen LogP contribution in [0.3, 0.4) is 0 Å². The third-order valence-corrected chi connectivity index (χ3v) is 15.8. The third kappa shape index (κ3) is 6.33. The van der Waals surface area contributed by atoms with Crippen LogP contribution in [0.15, 0.2) is 219 Å². The van der Waals surface area contributed by atoms with Crippen LogP contribution in [0.1, 0.15) is 43.2 Å². The van der Waals surface area contributed by atoms with Gasteiger partial charge >= 0.3 is 0 Å². The normalized spacial score (nSPS) is 21.0. The highest BCUT2D eigenvalue weighted by Gasteiger charge is 2.61. The molecule has 4 saturated carbocycles. The Morgan fingerprint density at radius 1 is 0.323 bits per heavy atom. The van der Waals surface area contributed by atoms with Gasteiger partial charge in [-0.15, -0.1) is 0 Å². The first kappa shape index (κ1) is 38.2. The highest BCUT2D eigenvalue weighted by molar-refractivity contribution is 5.93. The Morgan fingerprint density at radius 2 is 0.723 bits per heavy atom. The first-order valence-corrected chi connectivity index (χ1v) is 23.7. The molecule has 0 unspecified atom stereocenters. The molecular formula is C63H50N2. The average Bonchev–Trinajstić information content (AvgIpc) is 3.66. The largest absolute Gasteiger partial charge is 0.311 e. The van der Waals surface area contributed by atoms with E-state index in [1.54, 1.807) is 11.1 Å². The summed E-state index contributed by atoms with van der Waals surface area (Å²) in [5, 5.41) is 0. The number of benzene rings is 8. The van der Waals surface area contributed by atoms with Crippen molar-refractivity contribution in [1.82, 2.24) is 4.98 Å². The monoisotopic (exact) mass is 834 g/mol. The molecule has 0 saturated heterocycles. The standard InChI is InChI=1S/C63H50N2/c1-3-9-44(10-4-1)47-19-25-54(26-20-47)65(55-27-21-48(22-28-55)45-11-5-2-6-12-45)56-29-23-49(24-30-56)46-15-17-50(18-16-46)59-41-62-60(40-58(59)51-31-33-64-34-32-51)57-13-7-8-14-61(57)63(62)52-36-42-35-43(38-52)39-53(63)37-42/h1-34,40-43,52-53H,35-39H2. The zero-order valence-electron chi connectivity index (χ0n) is 36.5. The molecule has 5 aliphatic rings. The summed E-state index contributed by atoms with van der Waals surface area (Å²) >= 11 is 0. The third-order valence-electron chi connectivity index (χ3n) is 15.8. The van der Waals surface area contributed by atoms with Crippen molar-refractivity contribution in [2.45, 2.75) is 37.5 Å². The summed E-state index contributed by atoms with van der Waals surface area (Å²) < 4.78 is 0. The van der Waals surface area contributed by atoms with Crippen LogP contribution in [0.25, 0.3) is 66.8 Å². The summed E-state index contributed by atoms with van der Waals surface area (Å²) in [6.45, 7) is 0. The molecule has 1 aromatic heterocycles. The summed E-state index contributed by atoms with van der Waals surface area (Å²) in [4.78, 5) is 6.78. The second-order valence-corrected chi connectivity index (χ2v) is 19.2. The maximum Gasteiger partial charge on any atom is 0.0462 e. The van der Waals surface area contributed by atoms with E-state index in [4.69, 9.17) is 0 Å². The van der Waals surface area contributed by atoms with Gasteiger partial charge in [-0.1, -0.05) is 146 Å². The smallest absolute Gasteiger partial charge is 0.0462 e. The van der Waals surface area contributed by atoms with Crippen molar-refractivity contribution in [2.24, 2.45) is 23.7 Å². The van der Waals surface area contributed by atoms with Crippen molar-refractivity contribution in [3.63, 3.8) is 0 Å². The molecule has 0 aliphatic heterocycles. The molecule has 14 rings (SSSR count). The van der Waals surface area contributed by atoms with E-state index in [1.807, 2.05) is 12.4 Å². The zero-order valence-corrected chi connectivity index (χ0v) is 36.5. The Kier molecular flexibility index (Phi) is 9.08. The number of fused-ring (bicyclic) bond motifs is 3. The van der Waals surface area contributed by atoms with Gasteiger partial charge in [-0.25, -0.2) is 0 Å². The summed E-state index contributed by atoms with van der Waals surface area (Å²) in [6.07, 6.45) is 10.9. The summed E-state index contributed by atoms with van der Waals surface area (Å²) in [5.41, 5.74) is 21.9. The second-order valence-electron chi connectivity index (χ2n) is 19.2. The number of anilines is 3. The molecule has 5 aliphatic carbocycles. The Labute approximate surface area is 382 Å². The van der Waals surface area contributed by atoms with Crippen LogP contribution in [0.5, 0.6) is 0 Å². The maximum absolute atomic E-state index is 4.42. The SMILES string of the molecule is c1ccc(-c2ccc(N(c3ccc(-c4ccccc4)cc3)c3ccc(-c4ccc(-c5cc6c(cc5-c5ccncc5)-c5ccccc5C65C6CC7CC(C6)CC5C7)cc4)cc3)cc2)cc1. The average molecular weight is 835 g/mol.